The van der Waals surface area contributed by atoms with E-state index in [-0.39, 0.29) is 5.97 Å². The summed E-state index contributed by atoms with van der Waals surface area (Å²) in [4.78, 5) is 11.3. The predicted molar refractivity (Wildman–Crippen MR) is 89.8 cm³/mol. The first-order chi connectivity index (χ1) is 11.7. The van der Waals surface area contributed by atoms with Crippen molar-refractivity contribution < 1.29 is 28.5 Å². The lowest BCUT2D eigenvalue weighted by Crippen LogP contribution is -2.25. The highest BCUT2D eigenvalue weighted by atomic mass is 16.6. The Hall–Kier alpha value is -1.47. The number of carbonyl (C=O) groups is 1. The molecule has 0 saturated carbocycles. The zero-order valence-corrected chi connectivity index (χ0v) is 14.6. The fourth-order valence-corrected chi connectivity index (χ4v) is 1.82. The fraction of sp³-hybridized carbons (Fsp3) is 0.611. The topological polar surface area (TPSA) is 63.2 Å². The highest BCUT2D eigenvalue weighted by Gasteiger charge is 2.13. The fourth-order valence-electron chi connectivity index (χ4n) is 1.82. The summed E-state index contributed by atoms with van der Waals surface area (Å²) in [6.07, 6.45) is -0.563. The maximum absolute atomic E-state index is 11.3. The van der Waals surface area contributed by atoms with E-state index in [9.17, 15) is 4.79 Å². The Morgan fingerprint density at radius 2 is 1.50 bits per heavy atom. The smallest absolute Gasteiger partial charge is 0.334 e. The molecule has 0 N–H and O–H groups in total. The van der Waals surface area contributed by atoms with Gasteiger partial charge in [0.05, 0.1) is 52.9 Å². The molecule has 1 aromatic carbocycles. The van der Waals surface area contributed by atoms with Crippen LogP contribution in [0.1, 0.15) is 19.4 Å². The minimum Gasteiger partial charge on any atom is -0.464 e. The molecule has 1 atom stereocenters. The van der Waals surface area contributed by atoms with E-state index >= 15 is 0 Å². The molecule has 136 valence electrons. The third-order valence-corrected chi connectivity index (χ3v) is 3.07. The Labute approximate surface area is 144 Å². The number of ether oxygens (including phenoxy) is 5. The summed E-state index contributed by atoms with van der Waals surface area (Å²) in [6, 6.07) is 10.0. The van der Waals surface area contributed by atoms with Gasteiger partial charge in [0.1, 0.15) is 0 Å². The number of rotatable bonds is 14. The monoisotopic (exact) mass is 340 g/mol. The number of carbonyl (C=O) groups excluding carboxylic acids is 1. The normalized spacial score (nSPS) is 12.1. The molecule has 0 aromatic heterocycles. The molecule has 0 amide bonds. The minimum absolute atomic E-state index is 0.347. The van der Waals surface area contributed by atoms with Gasteiger partial charge in [0.2, 0.25) is 0 Å². The van der Waals surface area contributed by atoms with Gasteiger partial charge < -0.3 is 23.7 Å². The van der Waals surface area contributed by atoms with Crippen molar-refractivity contribution in [3.8, 4) is 0 Å². The molecule has 0 spiro atoms. The maximum atomic E-state index is 11.3. The second kappa shape index (κ2) is 13.9. The molecular weight excluding hydrogens is 312 g/mol. The Balaban J connectivity index is 1.83. The van der Waals surface area contributed by atoms with Crippen molar-refractivity contribution in [2.45, 2.75) is 26.6 Å². The average Bonchev–Trinajstić information content (AvgIpc) is 2.60. The molecule has 24 heavy (non-hydrogen) atoms. The van der Waals surface area contributed by atoms with Crippen LogP contribution in [-0.4, -0.2) is 58.3 Å². The lowest BCUT2D eigenvalue weighted by Gasteiger charge is -2.12. The van der Waals surface area contributed by atoms with Crippen molar-refractivity contribution in [3.05, 3.63) is 35.9 Å². The Morgan fingerprint density at radius 1 is 0.917 bits per heavy atom. The van der Waals surface area contributed by atoms with Crippen LogP contribution >= 0.6 is 0 Å². The van der Waals surface area contributed by atoms with Crippen molar-refractivity contribution in [1.29, 1.82) is 0 Å². The summed E-state index contributed by atoms with van der Waals surface area (Å²) in [5, 5.41) is 0. The summed E-state index contributed by atoms with van der Waals surface area (Å²) in [5.74, 6) is -0.351. The van der Waals surface area contributed by atoms with E-state index in [2.05, 4.69) is 0 Å². The summed E-state index contributed by atoms with van der Waals surface area (Å²) >= 11 is 0. The first-order valence-electron chi connectivity index (χ1n) is 8.29. The molecule has 1 aromatic rings. The number of hydrogen-bond donors (Lipinski definition) is 0. The molecule has 0 saturated heterocycles. The van der Waals surface area contributed by atoms with Crippen LogP contribution in [0.3, 0.4) is 0 Å². The number of esters is 1. The molecule has 0 aliphatic heterocycles. The van der Waals surface area contributed by atoms with Gasteiger partial charge in [-0.05, 0) is 19.4 Å². The van der Waals surface area contributed by atoms with Crippen LogP contribution in [0.2, 0.25) is 0 Å². The number of hydrogen-bond acceptors (Lipinski definition) is 6. The van der Waals surface area contributed by atoms with Gasteiger partial charge in [-0.25, -0.2) is 4.79 Å². The minimum atomic E-state index is -0.563. The quantitative estimate of drug-likeness (QED) is 0.382. The summed E-state index contributed by atoms with van der Waals surface area (Å²) in [7, 11) is 0. The standard InChI is InChI=1S/C18H28O6/c1-3-23-18(19)16(2)24-14-13-21-10-9-20-11-12-22-15-17-7-5-4-6-8-17/h4-8,16H,3,9-15H2,1-2H3/t16-/m0/s1. The van der Waals surface area contributed by atoms with Gasteiger partial charge in [-0.15, -0.1) is 0 Å². The van der Waals surface area contributed by atoms with E-state index in [1.54, 1.807) is 13.8 Å². The lowest BCUT2D eigenvalue weighted by atomic mass is 10.2. The zero-order valence-electron chi connectivity index (χ0n) is 14.6. The van der Waals surface area contributed by atoms with Gasteiger partial charge in [-0.3, -0.25) is 0 Å². The second-order valence-electron chi connectivity index (χ2n) is 5.03. The first kappa shape index (κ1) is 20.6. The van der Waals surface area contributed by atoms with Crippen molar-refractivity contribution in [2.75, 3.05) is 46.2 Å². The second-order valence-corrected chi connectivity index (χ2v) is 5.03. The molecule has 0 radical (unpaired) electrons. The van der Waals surface area contributed by atoms with Crippen LogP contribution in [-0.2, 0) is 35.1 Å². The molecule has 0 heterocycles. The first-order valence-corrected chi connectivity index (χ1v) is 8.29. The molecule has 1 rings (SSSR count). The molecule has 0 fully saturated rings. The zero-order chi connectivity index (χ0) is 17.5. The highest BCUT2D eigenvalue weighted by molar-refractivity contribution is 5.74. The van der Waals surface area contributed by atoms with Crippen molar-refractivity contribution in [1.82, 2.24) is 0 Å². The van der Waals surface area contributed by atoms with Crippen LogP contribution in [0.5, 0.6) is 0 Å². The van der Waals surface area contributed by atoms with Crippen molar-refractivity contribution >= 4 is 5.97 Å². The van der Waals surface area contributed by atoms with E-state index < -0.39 is 6.10 Å². The van der Waals surface area contributed by atoms with Gasteiger partial charge in [0, 0.05) is 0 Å². The van der Waals surface area contributed by atoms with Crippen LogP contribution in [0.25, 0.3) is 0 Å². The van der Waals surface area contributed by atoms with Crippen molar-refractivity contribution in [2.24, 2.45) is 0 Å². The molecule has 6 nitrogen and oxygen atoms in total. The van der Waals surface area contributed by atoms with E-state index in [0.717, 1.165) is 5.56 Å². The lowest BCUT2D eigenvalue weighted by molar-refractivity contribution is -0.156. The molecule has 0 unspecified atom stereocenters. The third kappa shape index (κ3) is 10.3. The van der Waals surface area contributed by atoms with Crippen molar-refractivity contribution in [3.63, 3.8) is 0 Å². The van der Waals surface area contributed by atoms with Crippen LogP contribution in [0, 0.1) is 0 Å². The molecule has 0 bridgehead atoms. The maximum Gasteiger partial charge on any atom is 0.334 e. The molecule has 0 aliphatic carbocycles. The van der Waals surface area contributed by atoms with Crippen LogP contribution < -0.4 is 0 Å². The predicted octanol–water partition coefficient (Wildman–Crippen LogP) is 2.20. The molecule has 0 aliphatic rings. The SMILES string of the molecule is CCOC(=O)[C@H](C)OCCOCCOCCOCc1ccccc1. The van der Waals surface area contributed by atoms with E-state index in [1.165, 1.54) is 0 Å². The van der Waals surface area contributed by atoms with Gasteiger partial charge in [0.25, 0.3) is 0 Å². The molecular formula is C18H28O6. The van der Waals surface area contributed by atoms with Gasteiger partial charge in [-0.2, -0.15) is 0 Å². The van der Waals surface area contributed by atoms with Crippen LogP contribution in [0.15, 0.2) is 30.3 Å². The summed E-state index contributed by atoms with van der Waals surface area (Å²) in [6.45, 7) is 7.21. The summed E-state index contributed by atoms with van der Waals surface area (Å²) < 4.78 is 26.4. The number of benzene rings is 1. The van der Waals surface area contributed by atoms with E-state index in [1.807, 2.05) is 30.3 Å². The third-order valence-electron chi connectivity index (χ3n) is 3.07. The van der Waals surface area contributed by atoms with Gasteiger partial charge in [-0.1, -0.05) is 30.3 Å². The Bertz CT molecular complexity index is 423. The average molecular weight is 340 g/mol. The Kier molecular flexibility index (Phi) is 11.9. The highest BCUT2D eigenvalue weighted by Crippen LogP contribution is 2.00. The van der Waals surface area contributed by atoms with Gasteiger partial charge in [0.15, 0.2) is 6.10 Å². The van der Waals surface area contributed by atoms with E-state index in [0.29, 0.717) is 52.9 Å². The largest absolute Gasteiger partial charge is 0.464 e. The Morgan fingerprint density at radius 3 is 2.12 bits per heavy atom. The van der Waals surface area contributed by atoms with Gasteiger partial charge >= 0.3 is 5.97 Å². The summed E-state index contributed by atoms with van der Waals surface area (Å²) in [5.41, 5.74) is 1.15. The van der Waals surface area contributed by atoms with E-state index in [4.69, 9.17) is 23.7 Å². The molecule has 6 heteroatoms. The van der Waals surface area contributed by atoms with Crippen LogP contribution in [0.4, 0.5) is 0 Å².